The van der Waals surface area contributed by atoms with Gasteiger partial charge in [0.2, 0.25) is 0 Å². The summed E-state index contributed by atoms with van der Waals surface area (Å²) >= 11 is 0. The van der Waals surface area contributed by atoms with Crippen molar-refractivity contribution < 1.29 is 19.2 Å². The van der Waals surface area contributed by atoms with E-state index in [0.717, 1.165) is 12.8 Å². The molecule has 7 heteroatoms. The summed E-state index contributed by atoms with van der Waals surface area (Å²) in [6.45, 7) is 5.59. The van der Waals surface area contributed by atoms with Crippen molar-refractivity contribution in [3.63, 3.8) is 0 Å². The molecule has 0 bridgehead atoms. The van der Waals surface area contributed by atoms with Crippen LogP contribution in [-0.4, -0.2) is 32.7 Å². The number of nitrogens with zero attached hydrogens (tertiary/aromatic N) is 2. The van der Waals surface area contributed by atoms with Crippen LogP contribution in [0.4, 0.5) is 0 Å². The highest BCUT2D eigenvalue weighted by atomic mass is 16.5. The maximum absolute atomic E-state index is 12.8. The van der Waals surface area contributed by atoms with E-state index in [4.69, 9.17) is 4.52 Å². The van der Waals surface area contributed by atoms with Crippen molar-refractivity contribution in [3.8, 4) is 0 Å². The molecule has 128 valence electrons. The smallest absolute Gasteiger partial charge is 0.329 e. The third-order valence-electron chi connectivity index (χ3n) is 4.88. The van der Waals surface area contributed by atoms with E-state index < -0.39 is 17.4 Å². The number of rotatable bonds is 3. The number of hydrogen-bond donors (Lipinski definition) is 2. The Hall–Kier alpha value is -2.44. The van der Waals surface area contributed by atoms with Crippen LogP contribution in [0.1, 0.15) is 54.4 Å². The van der Waals surface area contributed by atoms with E-state index in [1.807, 2.05) is 0 Å². The summed E-state index contributed by atoms with van der Waals surface area (Å²) < 4.78 is 5.14. The van der Waals surface area contributed by atoms with Crippen LogP contribution in [0.25, 0.3) is 11.1 Å². The Kier molecular flexibility index (Phi) is 4.03. The van der Waals surface area contributed by atoms with Gasteiger partial charge in [0.05, 0.1) is 16.6 Å². The van der Waals surface area contributed by atoms with E-state index >= 15 is 0 Å². The highest BCUT2D eigenvalue weighted by molar-refractivity contribution is 6.07. The van der Waals surface area contributed by atoms with Gasteiger partial charge < -0.3 is 14.9 Å². The number of carbonyl (C=O) groups excluding carboxylic acids is 1. The number of carboxylic acids is 1. The van der Waals surface area contributed by atoms with Gasteiger partial charge in [0.1, 0.15) is 5.54 Å². The van der Waals surface area contributed by atoms with Crippen molar-refractivity contribution in [1.29, 1.82) is 0 Å². The number of fused-ring (bicyclic) bond motifs is 1. The molecule has 0 aliphatic heterocycles. The molecule has 2 aromatic heterocycles. The molecular formula is C17H21N3O4. The molecule has 24 heavy (non-hydrogen) atoms. The molecule has 0 spiro atoms. The largest absolute Gasteiger partial charge is 0.480 e. The maximum atomic E-state index is 12.8. The Balaban J connectivity index is 1.97. The number of aromatic nitrogens is 2. The Labute approximate surface area is 139 Å². The summed E-state index contributed by atoms with van der Waals surface area (Å²) in [5.41, 5.74) is 0.613. The zero-order chi connectivity index (χ0) is 17.5. The van der Waals surface area contributed by atoms with Crippen molar-refractivity contribution in [2.75, 3.05) is 0 Å². The van der Waals surface area contributed by atoms with Gasteiger partial charge in [-0.1, -0.05) is 12.1 Å². The predicted octanol–water partition coefficient (Wildman–Crippen LogP) is 2.60. The van der Waals surface area contributed by atoms with E-state index in [1.54, 1.807) is 19.9 Å². The molecule has 2 aromatic rings. The van der Waals surface area contributed by atoms with E-state index in [0.29, 0.717) is 46.8 Å². The van der Waals surface area contributed by atoms with Crippen LogP contribution in [0.2, 0.25) is 0 Å². The van der Waals surface area contributed by atoms with Gasteiger partial charge in [-0.3, -0.25) is 4.79 Å². The van der Waals surface area contributed by atoms with Crippen LogP contribution in [0.15, 0.2) is 10.6 Å². The molecule has 1 saturated carbocycles. The highest BCUT2D eigenvalue weighted by Gasteiger charge is 2.43. The normalized spacial score (nSPS) is 24.0. The molecule has 1 fully saturated rings. The molecule has 1 aliphatic carbocycles. The van der Waals surface area contributed by atoms with Gasteiger partial charge in [0.25, 0.3) is 11.6 Å². The first-order valence-electron chi connectivity index (χ1n) is 8.12. The average molecular weight is 331 g/mol. The van der Waals surface area contributed by atoms with Crippen LogP contribution >= 0.6 is 0 Å². The number of carbonyl (C=O) groups is 2. The molecule has 3 rings (SSSR count). The standard InChI is InChI=1S/C17H21N3O4/c1-9-4-6-17(7-5-9,16(22)23)19-14(21)12-8-10(2)18-15-13(12)11(3)20-24-15/h8-9H,4-7H2,1-3H3,(H,19,21)(H,22,23). The van der Waals surface area contributed by atoms with Crippen LogP contribution in [0.5, 0.6) is 0 Å². The molecule has 0 radical (unpaired) electrons. The molecule has 7 nitrogen and oxygen atoms in total. The fourth-order valence-electron chi connectivity index (χ4n) is 3.33. The molecule has 1 amide bonds. The fourth-order valence-corrected chi connectivity index (χ4v) is 3.33. The fraction of sp³-hybridized carbons (Fsp3) is 0.529. The van der Waals surface area contributed by atoms with Crippen molar-refractivity contribution in [2.45, 2.75) is 52.0 Å². The maximum Gasteiger partial charge on any atom is 0.329 e. The van der Waals surface area contributed by atoms with Gasteiger partial charge >= 0.3 is 5.97 Å². The molecule has 0 aromatic carbocycles. The monoisotopic (exact) mass is 331 g/mol. The molecule has 0 saturated heterocycles. The van der Waals surface area contributed by atoms with E-state index in [-0.39, 0.29) is 0 Å². The van der Waals surface area contributed by atoms with Crippen molar-refractivity contribution >= 4 is 23.0 Å². The molecule has 2 heterocycles. The summed E-state index contributed by atoms with van der Waals surface area (Å²) in [6, 6.07) is 1.64. The van der Waals surface area contributed by atoms with Crippen molar-refractivity contribution in [1.82, 2.24) is 15.5 Å². The lowest BCUT2D eigenvalue weighted by Crippen LogP contribution is -2.56. The summed E-state index contributed by atoms with van der Waals surface area (Å²) in [5, 5.41) is 16.9. The first kappa shape index (κ1) is 16.4. The lowest BCUT2D eigenvalue weighted by Gasteiger charge is -2.36. The van der Waals surface area contributed by atoms with Gasteiger partial charge in [0.15, 0.2) is 0 Å². The topological polar surface area (TPSA) is 105 Å². The molecule has 1 aliphatic rings. The number of amides is 1. The Bertz CT molecular complexity index is 804. The number of hydrogen-bond acceptors (Lipinski definition) is 5. The first-order valence-corrected chi connectivity index (χ1v) is 8.12. The number of nitrogens with one attached hydrogen (secondary N) is 1. The Morgan fingerprint density at radius 2 is 2.00 bits per heavy atom. The van der Waals surface area contributed by atoms with Gasteiger partial charge in [-0.2, -0.15) is 0 Å². The van der Waals surface area contributed by atoms with Crippen molar-refractivity contribution in [2.24, 2.45) is 5.92 Å². The third-order valence-corrected chi connectivity index (χ3v) is 4.88. The third kappa shape index (κ3) is 2.74. The van der Waals surface area contributed by atoms with E-state index in [2.05, 4.69) is 22.4 Å². The summed E-state index contributed by atoms with van der Waals surface area (Å²) in [6.07, 6.45) is 2.43. The number of pyridine rings is 1. The van der Waals surface area contributed by atoms with Crippen LogP contribution in [0.3, 0.4) is 0 Å². The lowest BCUT2D eigenvalue weighted by molar-refractivity contribution is -0.146. The number of aryl methyl sites for hydroxylation is 2. The molecule has 0 atom stereocenters. The van der Waals surface area contributed by atoms with Gasteiger partial charge in [-0.05, 0) is 51.5 Å². The summed E-state index contributed by atoms with van der Waals surface area (Å²) in [7, 11) is 0. The molecular weight excluding hydrogens is 310 g/mol. The van der Waals surface area contributed by atoms with Gasteiger partial charge in [-0.25, -0.2) is 9.78 Å². The second kappa shape index (κ2) is 5.89. The minimum atomic E-state index is -1.21. The first-order chi connectivity index (χ1) is 11.3. The van der Waals surface area contributed by atoms with Gasteiger partial charge in [0, 0.05) is 5.69 Å². The summed E-state index contributed by atoms with van der Waals surface area (Å²) in [4.78, 5) is 28.9. The van der Waals surface area contributed by atoms with Crippen LogP contribution in [-0.2, 0) is 4.79 Å². The number of aliphatic carboxylic acids is 1. The van der Waals surface area contributed by atoms with Crippen LogP contribution < -0.4 is 5.32 Å². The highest BCUT2D eigenvalue weighted by Crippen LogP contribution is 2.33. The Morgan fingerprint density at radius 1 is 1.33 bits per heavy atom. The zero-order valence-electron chi connectivity index (χ0n) is 14.0. The lowest BCUT2D eigenvalue weighted by atomic mass is 9.77. The average Bonchev–Trinajstić information content (AvgIpc) is 2.89. The van der Waals surface area contributed by atoms with E-state index in [9.17, 15) is 14.7 Å². The predicted molar refractivity (Wildman–Crippen MR) is 86.7 cm³/mol. The van der Waals surface area contributed by atoms with Crippen molar-refractivity contribution in [3.05, 3.63) is 23.0 Å². The zero-order valence-corrected chi connectivity index (χ0v) is 14.0. The minimum absolute atomic E-state index is 0.291. The van der Waals surface area contributed by atoms with E-state index in [1.165, 1.54) is 0 Å². The SMILES string of the molecule is Cc1cc(C(=O)NC2(C(=O)O)CCC(C)CC2)c2c(C)noc2n1. The Morgan fingerprint density at radius 3 is 2.62 bits per heavy atom. The summed E-state index contributed by atoms with van der Waals surface area (Å²) in [5.74, 6) is -0.926. The number of carboxylic acid groups (broad SMARTS) is 1. The molecule has 0 unspecified atom stereocenters. The van der Waals surface area contributed by atoms with Gasteiger partial charge in [-0.15, -0.1) is 0 Å². The second-order valence-electron chi connectivity index (χ2n) is 6.78. The van der Waals surface area contributed by atoms with Crippen LogP contribution in [0, 0.1) is 19.8 Å². The second-order valence-corrected chi connectivity index (χ2v) is 6.78. The minimum Gasteiger partial charge on any atom is -0.480 e. The molecule has 2 N–H and O–H groups in total. The quantitative estimate of drug-likeness (QED) is 0.895.